The average Bonchev–Trinajstić information content (AvgIpc) is 2.47. The number of halogens is 1. The Hall–Kier alpha value is -0.653. The van der Waals surface area contributed by atoms with Gasteiger partial charge in [-0.1, -0.05) is 83.3 Å². The van der Waals surface area contributed by atoms with Gasteiger partial charge in [0.15, 0.2) is 0 Å². The van der Waals surface area contributed by atoms with Crippen molar-refractivity contribution >= 4 is 33.1 Å². The van der Waals surface area contributed by atoms with Crippen LogP contribution in [0.4, 0.5) is 0 Å². The van der Waals surface area contributed by atoms with Crippen LogP contribution in [0, 0.1) is 0 Å². The van der Waals surface area contributed by atoms with Crippen molar-refractivity contribution in [3.05, 3.63) is 71.8 Å². The quantitative estimate of drug-likeness (QED) is 0.448. The molecular formula is C15H17IOSi. The molecule has 0 fully saturated rings. The van der Waals surface area contributed by atoms with E-state index in [4.69, 9.17) is 4.43 Å². The molecule has 0 aromatic heterocycles. The van der Waals surface area contributed by atoms with E-state index in [-0.39, 0.29) is 5.60 Å². The number of alkyl halides is 1. The van der Waals surface area contributed by atoms with Gasteiger partial charge in [0.2, 0.25) is 0 Å². The minimum absolute atomic E-state index is 0.268. The van der Waals surface area contributed by atoms with E-state index < -0.39 is 0 Å². The molecule has 0 N–H and O–H groups in total. The van der Waals surface area contributed by atoms with E-state index in [0.717, 1.165) is 21.3 Å². The van der Waals surface area contributed by atoms with Crippen LogP contribution in [0.5, 0.6) is 0 Å². The maximum atomic E-state index is 6.08. The van der Waals surface area contributed by atoms with Gasteiger partial charge in [-0.2, -0.15) is 0 Å². The van der Waals surface area contributed by atoms with Crippen molar-refractivity contribution in [3.8, 4) is 0 Å². The van der Waals surface area contributed by atoms with Gasteiger partial charge in [0, 0.05) is 4.43 Å². The van der Waals surface area contributed by atoms with Gasteiger partial charge in [-0.15, -0.1) is 0 Å². The zero-order valence-electron chi connectivity index (χ0n) is 10.5. The Bertz CT molecular complexity index is 433. The van der Waals surface area contributed by atoms with E-state index in [1.54, 1.807) is 0 Å². The van der Waals surface area contributed by atoms with E-state index in [2.05, 4.69) is 83.3 Å². The van der Waals surface area contributed by atoms with Gasteiger partial charge in [-0.3, -0.25) is 0 Å². The molecule has 0 saturated carbocycles. The third-order valence-corrected chi connectivity index (χ3v) is 4.51. The molecule has 0 aliphatic heterocycles. The van der Waals surface area contributed by atoms with Gasteiger partial charge < -0.3 is 4.43 Å². The molecule has 2 aromatic rings. The fraction of sp³-hybridized carbons (Fsp3) is 0.200. The molecule has 0 heterocycles. The van der Waals surface area contributed by atoms with E-state index in [0.29, 0.717) is 0 Å². The van der Waals surface area contributed by atoms with Gasteiger partial charge in [-0.25, -0.2) is 0 Å². The predicted molar refractivity (Wildman–Crippen MR) is 88.2 cm³/mol. The van der Waals surface area contributed by atoms with E-state index >= 15 is 0 Å². The molecule has 1 nitrogen and oxygen atoms in total. The molecular weight excluding hydrogens is 351 g/mol. The summed E-state index contributed by atoms with van der Waals surface area (Å²) in [4.78, 5) is 0. The number of hydrogen-bond acceptors (Lipinski definition) is 1. The van der Waals surface area contributed by atoms with Gasteiger partial charge in [0.1, 0.15) is 16.1 Å². The maximum Gasteiger partial charge on any atom is 0.147 e. The van der Waals surface area contributed by atoms with Crippen LogP contribution < -0.4 is 0 Å². The third-order valence-electron chi connectivity index (χ3n) is 3.28. The van der Waals surface area contributed by atoms with Gasteiger partial charge >= 0.3 is 0 Å². The second-order valence-electron chi connectivity index (χ2n) is 4.20. The van der Waals surface area contributed by atoms with E-state index in [1.807, 2.05) is 0 Å². The summed E-state index contributed by atoms with van der Waals surface area (Å²) in [5, 5.41) is 0. The van der Waals surface area contributed by atoms with Crippen molar-refractivity contribution in [1.29, 1.82) is 0 Å². The molecule has 0 atom stereocenters. The second kappa shape index (κ2) is 6.50. The summed E-state index contributed by atoms with van der Waals surface area (Å²) < 4.78 is 7.16. The predicted octanol–water partition coefficient (Wildman–Crippen LogP) is 3.05. The third kappa shape index (κ3) is 2.68. The monoisotopic (exact) mass is 368 g/mol. The Labute approximate surface area is 125 Å². The van der Waals surface area contributed by atoms with Crippen LogP contribution in [-0.4, -0.2) is 14.9 Å². The molecule has 0 aliphatic carbocycles. The zero-order valence-corrected chi connectivity index (χ0v) is 14.6. The summed E-state index contributed by atoms with van der Waals surface area (Å²) in [6, 6.07) is 21.1. The van der Waals surface area contributed by atoms with Gasteiger partial charge in [0.25, 0.3) is 0 Å². The minimum atomic E-state index is -0.268. The van der Waals surface area contributed by atoms with Crippen molar-refractivity contribution < 1.29 is 4.43 Å². The Kier molecular flexibility index (Phi) is 4.97. The highest BCUT2D eigenvalue weighted by molar-refractivity contribution is 14.1. The summed E-state index contributed by atoms with van der Waals surface area (Å²) in [7, 11) is 0.727. The van der Waals surface area contributed by atoms with Crippen molar-refractivity contribution in [2.24, 2.45) is 0 Å². The standard InChI is InChI=1S/C15H17IOSi/c16-12-11-15(17-18,13-7-3-1-4-8-13)14-9-5-2-6-10-14/h1-10H,11-12H2,18H3. The lowest BCUT2D eigenvalue weighted by Crippen LogP contribution is -2.31. The first-order chi connectivity index (χ1) is 8.83. The number of rotatable bonds is 5. The highest BCUT2D eigenvalue weighted by atomic mass is 127. The average molecular weight is 368 g/mol. The SMILES string of the molecule is [SiH3]OC(CCI)(c1ccccc1)c1ccccc1. The smallest absolute Gasteiger partial charge is 0.147 e. The summed E-state index contributed by atoms with van der Waals surface area (Å²) in [5.41, 5.74) is 2.24. The molecule has 18 heavy (non-hydrogen) atoms. The molecule has 0 aliphatic rings. The Morgan fingerprint density at radius 3 is 1.67 bits per heavy atom. The molecule has 3 heteroatoms. The molecule has 0 amide bonds. The Morgan fingerprint density at radius 2 is 1.33 bits per heavy atom. The fourth-order valence-electron chi connectivity index (χ4n) is 2.34. The molecule has 2 aromatic carbocycles. The first-order valence-corrected chi connectivity index (χ1v) is 8.40. The normalized spacial score (nSPS) is 11.6. The largest absolute Gasteiger partial charge is 0.414 e. The van der Waals surface area contributed by atoms with Crippen LogP contribution in [0.1, 0.15) is 17.5 Å². The highest BCUT2D eigenvalue weighted by Gasteiger charge is 2.32. The maximum absolute atomic E-state index is 6.08. The topological polar surface area (TPSA) is 9.23 Å². The van der Waals surface area contributed by atoms with Gasteiger partial charge in [0.05, 0.1) is 0 Å². The molecule has 0 unspecified atom stereocenters. The minimum Gasteiger partial charge on any atom is -0.414 e. The number of hydrogen-bond donors (Lipinski definition) is 0. The lowest BCUT2D eigenvalue weighted by atomic mass is 9.84. The van der Waals surface area contributed by atoms with E-state index in [9.17, 15) is 0 Å². The molecule has 0 bridgehead atoms. The first kappa shape index (κ1) is 13.8. The Balaban J connectivity index is 2.53. The summed E-state index contributed by atoms with van der Waals surface area (Å²) >= 11 is 2.42. The summed E-state index contributed by atoms with van der Waals surface area (Å²) in [6.07, 6.45) is 1.01. The van der Waals surface area contributed by atoms with Crippen LogP contribution in [0.3, 0.4) is 0 Å². The van der Waals surface area contributed by atoms with Crippen molar-refractivity contribution in [2.75, 3.05) is 4.43 Å². The fourth-order valence-corrected chi connectivity index (χ4v) is 3.78. The lowest BCUT2D eigenvalue weighted by molar-refractivity contribution is 0.123. The van der Waals surface area contributed by atoms with Gasteiger partial charge in [-0.05, 0) is 17.5 Å². The van der Waals surface area contributed by atoms with E-state index in [1.165, 1.54) is 11.1 Å². The Morgan fingerprint density at radius 1 is 0.889 bits per heavy atom. The van der Waals surface area contributed by atoms with Crippen LogP contribution in [-0.2, 0) is 10.0 Å². The molecule has 0 radical (unpaired) electrons. The molecule has 0 saturated heterocycles. The summed E-state index contributed by atoms with van der Waals surface area (Å²) in [5.74, 6) is 0. The zero-order chi connectivity index (χ0) is 12.8. The van der Waals surface area contributed by atoms with Crippen molar-refractivity contribution in [2.45, 2.75) is 12.0 Å². The van der Waals surface area contributed by atoms with Crippen molar-refractivity contribution in [3.63, 3.8) is 0 Å². The molecule has 94 valence electrons. The second-order valence-corrected chi connectivity index (χ2v) is 5.69. The molecule has 2 rings (SSSR count). The van der Waals surface area contributed by atoms with Crippen LogP contribution in [0.25, 0.3) is 0 Å². The lowest BCUT2D eigenvalue weighted by Gasteiger charge is -2.34. The summed E-state index contributed by atoms with van der Waals surface area (Å²) in [6.45, 7) is 0. The van der Waals surface area contributed by atoms with Crippen LogP contribution in [0.15, 0.2) is 60.7 Å². The number of benzene rings is 2. The van der Waals surface area contributed by atoms with Crippen molar-refractivity contribution in [1.82, 2.24) is 0 Å². The first-order valence-electron chi connectivity index (χ1n) is 6.05. The highest BCUT2D eigenvalue weighted by Crippen LogP contribution is 2.36. The van der Waals surface area contributed by atoms with Crippen LogP contribution in [0.2, 0.25) is 0 Å². The van der Waals surface area contributed by atoms with Crippen LogP contribution >= 0.6 is 22.6 Å². The molecule has 0 spiro atoms.